The monoisotopic (exact) mass is 248 g/mol. The second-order valence-electron chi connectivity index (χ2n) is 4.01. The number of allylic oxidation sites excluding steroid dienone is 1. The Morgan fingerprint density at radius 2 is 2.17 bits per heavy atom. The van der Waals surface area contributed by atoms with Gasteiger partial charge in [0.25, 0.3) is 11.6 Å². The summed E-state index contributed by atoms with van der Waals surface area (Å²) in [6.07, 6.45) is 2.57. The van der Waals surface area contributed by atoms with Crippen molar-refractivity contribution in [2.45, 2.75) is 27.2 Å². The van der Waals surface area contributed by atoms with Crippen molar-refractivity contribution >= 4 is 17.3 Å². The van der Waals surface area contributed by atoms with Crippen LogP contribution in [0.2, 0.25) is 0 Å². The Labute approximate surface area is 106 Å². The maximum Gasteiger partial charge on any atom is 0.274 e. The maximum absolute atomic E-state index is 11.7. The number of amides is 1. The van der Waals surface area contributed by atoms with Crippen LogP contribution in [0.4, 0.5) is 11.4 Å². The quantitative estimate of drug-likeness (QED) is 0.505. The summed E-state index contributed by atoms with van der Waals surface area (Å²) in [6, 6.07) is 4.64. The molecule has 0 aromatic heterocycles. The van der Waals surface area contributed by atoms with Gasteiger partial charge in [0.2, 0.25) is 0 Å². The van der Waals surface area contributed by atoms with Crippen molar-refractivity contribution in [1.82, 2.24) is 0 Å². The van der Waals surface area contributed by atoms with E-state index >= 15 is 0 Å². The summed E-state index contributed by atoms with van der Waals surface area (Å²) in [5.74, 6) is -0.241. The van der Waals surface area contributed by atoms with Gasteiger partial charge in [0.1, 0.15) is 0 Å². The molecule has 0 aliphatic carbocycles. The number of nitrogens with zero attached hydrogens (tertiary/aromatic N) is 1. The van der Waals surface area contributed by atoms with Crippen molar-refractivity contribution in [3.8, 4) is 0 Å². The molecule has 0 saturated carbocycles. The summed E-state index contributed by atoms with van der Waals surface area (Å²) < 4.78 is 0. The molecule has 0 saturated heterocycles. The molecule has 0 aliphatic heterocycles. The summed E-state index contributed by atoms with van der Waals surface area (Å²) in [7, 11) is 0. The first-order valence-corrected chi connectivity index (χ1v) is 5.68. The van der Waals surface area contributed by atoms with Gasteiger partial charge in [-0.25, -0.2) is 0 Å². The second kappa shape index (κ2) is 5.95. The fourth-order valence-electron chi connectivity index (χ4n) is 1.51. The van der Waals surface area contributed by atoms with E-state index in [1.165, 1.54) is 6.07 Å². The highest BCUT2D eigenvalue weighted by atomic mass is 16.6. The van der Waals surface area contributed by atoms with E-state index in [4.69, 9.17) is 0 Å². The van der Waals surface area contributed by atoms with Gasteiger partial charge in [0.15, 0.2) is 0 Å². The number of nitro groups is 1. The van der Waals surface area contributed by atoms with Crippen LogP contribution in [-0.4, -0.2) is 10.8 Å². The van der Waals surface area contributed by atoms with E-state index in [0.29, 0.717) is 16.8 Å². The normalized spacial score (nSPS) is 11.2. The molecule has 5 heteroatoms. The van der Waals surface area contributed by atoms with Crippen LogP contribution in [0, 0.1) is 17.0 Å². The van der Waals surface area contributed by atoms with Gasteiger partial charge in [-0.2, -0.15) is 0 Å². The average molecular weight is 248 g/mol. The predicted octanol–water partition coefficient (Wildman–Crippen LogP) is 3.20. The first-order valence-electron chi connectivity index (χ1n) is 5.68. The highest BCUT2D eigenvalue weighted by Gasteiger charge is 2.12. The van der Waals surface area contributed by atoms with Crippen molar-refractivity contribution in [2.75, 3.05) is 5.32 Å². The van der Waals surface area contributed by atoms with Crippen LogP contribution < -0.4 is 5.32 Å². The number of hydrogen-bond acceptors (Lipinski definition) is 3. The molecule has 0 radical (unpaired) electrons. The van der Waals surface area contributed by atoms with E-state index in [2.05, 4.69) is 5.32 Å². The Hall–Kier alpha value is -2.17. The van der Waals surface area contributed by atoms with Crippen molar-refractivity contribution in [1.29, 1.82) is 0 Å². The van der Waals surface area contributed by atoms with E-state index in [9.17, 15) is 14.9 Å². The minimum Gasteiger partial charge on any atom is -0.322 e. The van der Waals surface area contributed by atoms with E-state index < -0.39 is 4.92 Å². The molecule has 1 aromatic carbocycles. The molecule has 5 nitrogen and oxygen atoms in total. The number of anilines is 1. The zero-order valence-corrected chi connectivity index (χ0v) is 10.7. The van der Waals surface area contributed by atoms with Crippen LogP contribution in [0.25, 0.3) is 0 Å². The van der Waals surface area contributed by atoms with E-state index in [0.717, 1.165) is 6.42 Å². The first kappa shape index (κ1) is 13.9. The minimum atomic E-state index is -0.459. The lowest BCUT2D eigenvalue weighted by Gasteiger charge is -2.06. The smallest absolute Gasteiger partial charge is 0.274 e. The van der Waals surface area contributed by atoms with Gasteiger partial charge in [-0.15, -0.1) is 0 Å². The standard InChI is InChI=1S/C13H16N2O3/c1-4-5-10(3)13(16)14-11-7-6-9(2)12(8-11)15(17)18/h5-8H,4H2,1-3H3,(H,14,16). The van der Waals surface area contributed by atoms with Crippen LogP contribution >= 0.6 is 0 Å². The van der Waals surface area contributed by atoms with Crippen LogP contribution in [0.15, 0.2) is 29.8 Å². The number of benzene rings is 1. The lowest BCUT2D eigenvalue weighted by atomic mass is 10.1. The molecule has 0 heterocycles. The molecular formula is C13H16N2O3. The third-order valence-corrected chi connectivity index (χ3v) is 2.53. The van der Waals surface area contributed by atoms with Gasteiger partial charge >= 0.3 is 0 Å². The molecule has 0 spiro atoms. The lowest BCUT2D eigenvalue weighted by molar-refractivity contribution is -0.385. The molecule has 1 amide bonds. The minimum absolute atomic E-state index is 0.00456. The fraction of sp³-hybridized carbons (Fsp3) is 0.308. The SMILES string of the molecule is CCC=C(C)C(=O)Nc1ccc(C)c([N+](=O)[O-])c1. The molecule has 1 rings (SSSR count). The van der Waals surface area contributed by atoms with E-state index in [1.807, 2.05) is 6.92 Å². The molecule has 0 aliphatic rings. The third kappa shape index (κ3) is 3.41. The molecule has 0 atom stereocenters. The second-order valence-corrected chi connectivity index (χ2v) is 4.01. The summed E-state index contributed by atoms with van der Waals surface area (Å²) in [4.78, 5) is 22.0. The zero-order chi connectivity index (χ0) is 13.7. The number of nitro benzene ring substituents is 1. The van der Waals surface area contributed by atoms with Gasteiger partial charge in [-0.05, 0) is 26.3 Å². The van der Waals surface area contributed by atoms with Crippen LogP contribution in [0.1, 0.15) is 25.8 Å². The molecular weight excluding hydrogens is 232 g/mol. The van der Waals surface area contributed by atoms with E-state index in [-0.39, 0.29) is 11.6 Å². The fourth-order valence-corrected chi connectivity index (χ4v) is 1.51. The summed E-state index contributed by atoms with van der Waals surface area (Å²) >= 11 is 0. The molecule has 18 heavy (non-hydrogen) atoms. The Balaban J connectivity index is 2.93. The molecule has 1 N–H and O–H groups in total. The molecule has 0 fully saturated rings. The molecule has 96 valence electrons. The molecule has 1 aromatic rings. The summed E-state index contributed by atoms with van der Waals surface area (Å²) in [5, 5.41) is 13.4. The van der Waals surface area contributed by atoms with Crippen LogP contribution in [-0.2, 0) is 4.79 Å². The average Bonchev–Trinajstić information content (AvgIpc) is 2.31. The zero-order valence-electron chi connectivity index (χ0n) is 10.7. The number of hydrogen-bond donors (Lipinski definition) is 1. The van der Waals surface area contributed by atoms with Gasteiger partial charge in [0, 0.05) is 22.9 Å². The maximum atomic E-state index is 11.7. The highest BCUT2D eigenvalue weighted by molar-refractivity contribution is 6.03. The Morgan fingerprint density at radius 3 is 2.72 bits per heavy atom. The number of nitrogens with one attached hydrogen (secondary N) is 1. The lowest BCUT2D eigenvalue weighted by Crippen LogP contribution is -2.12. The largest absolute Gasteiger partial charge is 0.322 e. The molecule has 0 unspecified atom stereocenters. The number of aryl methyl sites for hydroxylation is 1. The Kier molecular flexibility index (Phi) is 4.59. The Morgan fingerprint density at radius 1 is 1.50 bits per heavy atom. The van der Waals surface area contributed by atoms with Crippen molar-refractivity contribution in [3.05, 3.63) is 45.5 Å². The van der Waals surface area contributed by atoms with Crippen molar-refractivity contribution in [3.63, 3.8) is 0 Å². The summed E-state index contributed by atoms with van der Waals surface area (Å²) in [5.41, 5.74) is 1.60. The van der Waals surface area contributed by atoms with Gasteiger partial charge in [-0.3, -0.25) is 14.9 Å². The number of rotatable bonds is 4. The van der Waals surface area contributed by atoms with E-state index in [1.54, 1.807) is 32.1 Å². The third-order valence-electron chi connectivity index (χ3n) is 2.53. The number of carbonyl (C=O) groups excluding carboxylic acids is 1. The summed E-state index contributed by atoms with van der Waals surface area (Å²) in [6.45, 7) is 5.31. The number of carbonyl (C=O) groups is 1. The topological polar surface area (TPSA) is 72.2 Å². The van der Waals surface area contributed by atoms with Gasteiger partial charge in [0.05, 0.1) is 4.92 Å². The van der Waals surface area contributed by atoms with Crippen LogP contribution in [0.5, 0.6) is 0 Å². The van der Waals surface area contributed by atoms with Crippen molar-refractivity contribution in [2.24, 2.45) is 0 Å². The van der Waals surface area contributed by atoms with Gasteiger partial charge in [-0.1, -0.05) is 19.1 Å². The first-order chi connectivity index (χ1) is 8.45. The molecule has 0 bridgehead atoms. The highest BCUT2D eigenvalue weighted by Crippen LogP contribution is 2.22. The predicted molar refractivity (Wildman–Crippen MR) is 70.5 cm³/mol. The van der Waals surface area contributed by atoms with Crippen LogP contribution in [0.3, 0.4) is 0 Å². The van der Waals surface area contributed by atoms with Crippen molar-refractivity contribution < 1.29 is 9.72 Å². The van der Waals surface area contributed by atoms with Gasteiger partial charge < -0.3 is 5.32 Å². The Bertz CT molecular complexity index is 507.